The number of hydrogen-bond donors (Lipinski definition) is 2. The lowest BCUT2D eigenvalue weighted by Gasteiger charge is -2.11. The summed E-state index contributed by atoms with van der Waals surface area (Å²) in [5.41, 5.74) is 1.53. The molecule has 0 bridgehead atoms. The quantitative estimate of drug-likeness (QED) is 0.279. The highest BCUT2D eigenvalue weighted by Crippen LogP contribution is 2.32. The monoisotopic (exact) mass is 466 g/mol. The van der Waals surface area contributed by atoms with Crippen molar-refractivity contribution in [3.8, 4) is 10.6 Å². The second kappa shape index (κ2) is 11.6. The van der Waals surface area contributed by atoms with Gasteiger partial charge < -0.3 is 10.6 Å². The first-order valence-electron chi connectivity index (χ1n) is 10.0. The zero-order valence-electron chi connectivity index (χ0n) is 18.2. The van der Waals surface area contributed by atoms with Crippen LogP contribution in [0.5, 0.6) is 0 Å². The highest BCUT2D eigenvalue weighted by molar-refractivity contribution is 7.13. The standard InChI is InChI=1S/C13H17N3S.C10H9F4N/c1-3-4-6-14-13-15-7-5-11(16-13)12-8-10(2)9-17-12;1-6(2)15-9-5-7(10(12,13)14)3-4-8(9)11/h5,7-9H,3-4,6H2,1-2H3,(H,14,15,16);3-5,15H,1H2,2H3. The van der Waals surface area contributed by atoms with Crippen LogP contribution in [-0.2, 0) is 6.18 Å². The molecule has 0 radical (unpaired) electrons. The van der Waals surface area contributed by atoms with Crippen molar-refractivity contribution in [2.75, 3.05) is 17.2 Å². The Morgan fingerprint density at radius 3 is 2.53 bits per heavy atom. The molecule has 0 amide bonds. The lowest BCUT2D eigenvalue weighted by atomic mass is 10.2. The van der Waals surface area contributed by atoms with E-state index in [1.54, 1.807) is 11.3 Å². The number of halogens is 4. The van der Waals surface area contributed by atoms with E-state index >= 15 is 0 Å². The molecule has 2 aromatic heterocycles. The maximum Gasteiger partial charge on any atom is 0.416 e. The van der Waals surface area contributed by atoms with Gasteiger partial charge in [-0.3, -0.25) is 0 Å². The van der Waals surface area contributed by atoms with Crippen LogP contribution in [0.1, 0.15) is 37.8 Å². The van der Waals surface area contributed by atoms with Crippen molar-refractivity contribution >= 4 is 23.0 Å². The van der Waals surface area contributed by atoms with E-state index in [9.17, 15) is 17.6 Å². The van der Waals surface area contributed by atoms with Crippen molar-refractivity contribution < 1.29 is 17.6 Å². The minimum Gasteiger partial charge on any atom is -0.357 e. The van der Waals surface area contributed by atoms with E-state index in [4.69, 9.17) is 0 Å². The Balaban J connectivity index is 0.000000229. The van der Waals surface area contributed by atoms with E-state index in [0.717, 1.165) is 30.7 Å². The molecule has 0 saturated carbocycles. The lowest BCUT2D eigenvalue weighted by Crippen LogP contribution is -2.07. The van der Waals surface area contributed by atoms with Crippen molar-refractivity contribution in [2.24, 2.45) is 0 Å². The Morgan fingerprint density at radius 1 is 1.19 bits per heavy atom. The third-order valence-corrected chi connectivity index (χ3v) is 5.16. The summed E-state index contributed by atoms with van der Waals surface area (Å²) in [4.78, 5) is 9.94. The molecule has 1 aromatic carbocycles. The zero-order valence-corrected chi connectivity index (χ0v) is 19.0. The molecule has 3 rings (SSSR count). The van der Waals surface area contributed by atoms with E-state index < -0.39 is 17.6 Å². The molecule has 0 spiro atoms. The Labute approximate surface area is 189 Å². The van der Waals surface area contributed by atoms with Crippen LogP contribution in [0, 0.1) is 12.7 Å². The lowest BCUT2D eigenvalue weighted by molar-refractivity contribution is -0.137. The number of alkyl halides is 3. The van der Waals surface area contributed by atoms with Crippen LogP contribution in [-0.4, -0.2) is 16.5 Å². The average molecular weight is 467 g/mol. The van der Waals surface area contributed by atoms with Gasteiger partial charge >= 0.3 is 6.18 Å². The van der Waals surface area contributed by atoms with Gasteiger partial charge in [0, 0.05) is 18.4 Å². The molecule has 0 aliphatic heterocycles. The zero-order chi connectivity index (χ0) is 23.7. The third kappa shape index (κ3) is 7.96. The highest BCUT2D eigenvalue weighted by Gasteiger charge is 2.31. The molecule has 4 nitrogen and oxygen atoms in total. The summed E-state index contributed by atoms with van der Waals surface area (Å²) in [5.74, 6) is -0.0204. The number of nitrogens with zero attached hydrogens (tertiary/aromatic N) is 2. The number of unbranched alkanes of at least 4 members (excludes halogenated alkanes) is 1. The summed E-state index contributed by atoms with van der Waals surface area (Å²) in [6.45, 7) is 10.2. The number of hydrogen-bond acceptors (Lipinski definition) is 5. The first-order valence-corrected chi connectivity index (χ1v) is 10.9. The molecule has 32 heavy (non-hydrogen) atoms. The van der Waals surface area contributed by atoms with Crippen molar-refractivity contribution in [3.63, 3.8) is 0 Å². The van der Waals surface area contributed by atoms with Crippen LogP contribution >= 0.6 is 11.3 Å². The maximum absolute atomic E-state index is 13.0. The number of aromatic nitrogens is 2. The van der Waals surface area contributed by atoms with E-state index in [1.165, 1.54) is 23.8 Å². The minimum atomic E-state index is -4.47. The Bertz CT molecular complexity index is 1030. The summed E-state index contributed by atoms with van der Waals surface area (Å²) >= 11 is 1.72. The van der Waals surface area contributed by atoms with Gasteiger partial charge in [0.2, 0.25) is 5.95 Å². The predicted molar refractivity (Wildman–Crippen MR) is 123 cm³/mol. The van der Waals surface area contributed by atoms with Crippen molar-refractivity contribution in [1.82, 2.24) is 9.97 Å². The van der Waals surface area contributed by atoms with Gasteiger partial charge in [0.05, 0.1) is 21.8 Å². The Kier molecular flexibility index (Phi) is 9.19. The van der Waals surface area contributed by atoms with E-state index in [1.807, 2.05) is 12.3 Å². The maximum atomic E-state index is 13.0. The van der Waals surface area contributed by atoms with Crippen LogP contribution in [0.3, 0.4) is 0 Å². The van der Waals surface area contributed by atoms with Gasteiger partial charge in [-0.2, -0.15) is 13.2 Å². The number of benzene rings is 1. The predicted octanol–water partition coefficient (Wildman–Crippen LogP) is 7.52. The number of rotatable bonds is 7. The topological polar surface area (TPSA) is 49.8 Å². The van der Waals surface area contributed by atoms with Crippen molar-refractivity contribution in [2.45, 2.75) is 39.8 Å². The van der Waals surface area contributed by atoms with Crippen LogP contribution in [0.25, 0.3) is 10.6 Å². The first-order chi connectivity index (χ1) is 15.1. The summed E-state index contributed by atoms with van der Waals surface area (Å²) in [5, 5.41) is 7.80. The van der Waals surface area contributed by atoms with Crippen molar-refractivity contribution in [3.05, 3.63) is 71.1 Å². The summed E-state index contributed by atoms with van der Waals surface area (Å²) in [6.07, 6.45) is -0.340. The van der Waals surface area contributed by atoms with Crippen LogP contribution < -0.4 is 10.6 Å². The van der Waals surface area contributed by atoms with E-state index in [-0.39, 0.29) is 5.69 Å². The fourth-order valence-corrected chi connectivity index (χ4v) is 3.42. The smallest absolute Gasteiger partial charge is 0.357 e. The number of aryl methyl sites for hydroxylation is 1. The van der Waals surface area contributed by atoms with Gasteiger partial charge in [0.15, 0.2) is 0 Å². The van der Waals surface area contributed by atoms with Crippen molar-refractivity contribution in [1.29, 1.82) is 0 Å². The molecule has 9 heteroatoms. The number of thiophene rings is 1. The average Bonchev–Trinajstić information content (AvgIpc) is 3.16. The van der Waals surface area contributed by atoms with Gasteiger partial charge in [0.1, 0.15) is 5.82 Å². The summed E-state index contributed by atoms with van der Waals surface area (Å²) in [6, 6.07) is 6.29. The molecule has 0 fully saturated rings. The van der Waals surface area contributed by atoms with Crippen LogP contribution in [0.2, 0.25) is 0 Å². The van der Waals surface area contributed by atoms with Gasteiger partial charge in [0.25, 0.3) is 0 Å². The minimum absolute atomic E-state index is 0.225. The third-order valence-electron chi connectivity index (χ3n) is 4.09. The number of anilines is 2. The number of nitrogens with one attached hydrogen (secondary N) is 2. The van der Waals surface area contributed by atoms with Gasteiger partial charge in [-0.15, -0.1) is 11.3 Å². The van der Waals surface area contributed by atoms with Crippen LogP contribution in [0.4, 0.5) is 29.2 Å². The van der Waals surface area contributed by atoms with Gasteiger partial charge in [-0.05, 0) is 61.5 Å². The molecular weight excluding hydrogens is 440 g/mol. The molecule has 0 aliphatic carbocycles. The SMILES string of the molecule is C=C(C)Nc1cc(C(F)(F)F)ccc1F.CCCCNc1nccc(-c2cc(C)cs2)n1. The van der Waals surface area contributed by atoms with Crippen LogP contribution in [0.15, 0.2) is 54.2 Å². The van der Waals surface area contributed by atoms with E-state index in [2.05, 4.69) is 52.5 Å². The van der Waals surface area contributed by atoms with Gasteiger partial charge in [-0.25, -0.2) is 14.4 Å². The molecule has 172 valence electrons. The highest BCUT2D eigenvalue weighted by atomic mass is 32.1. The molecule has 3 aromatic rings. The van der Waals surface area contributed by atoms with E-state index in [0.29, 0.717) is 17.8 Å². The number of allylic oxidation sites excluding steroid dienone is 1. The molecule has 2 N–H and O–H groups in total. The fraction of sp³-hybridized carbons (Fsp3) is 0.304. The first kappa shape index (κ1) is 25.3. The Hall–Kier alpha value is -2.94. The fourth-order valence-electron chi connectivity index (χ4n) is 2.55. The normalized spacial score (nSPS) is 10.8. The second-order valence-corrected chi connectivity index (χ2v) is 8.04. The largest absolute Gasteiger partial charge is 0.416 e. The Morgan fingerprint density at radius 2 is 1.94 bits per heavy atom. The molecule has 0 atom stereocenters. The molecule has 2 heterocycles. The molecule has 0 saturated heterocycles. The molecular formula is C23H26F4N4S. The molecule has 0 unspecified atom stereocenters. The molecule has 0 aliphatic rings. The second-order valence-electron chi connectivity index (χ2n) is 7.13. The van der Waals surface area contributed by atoms with Gasteiger partial charge in [-0.1, -0.05) is 19.9 Å². The summed E-state index contributed by atoms with van der Waals surface area (Å²) < 4.78 is 49.8. The summed E-state index contributed by atoms with van der Waals surface area (Å²) in [7, 11) is 0.